The lowest BCUT2D eigenvalue weighted by Gasteiger charge is -2.19. The highest BCUT2D eigenvalue weighted by Gasteiger charge is 2.10. The average Bonchev–Trinajstić information content (AvgIpc) is 2.41. The van der Waals surface area contributed by atoms with Crippen molar-refractivity contribution in [2.45, 2.75) is 52.0 Å². The van der Waals surface area contributed by atoms with E-state index in [-0.39, 0.29) is 0 Å². The number of hydrogen-bond acceptors (Lipinski definition) is 5. The predicted octanol–water partition coefficient (Wildman–Crippen LogP) is 2.63. The van der Waals surface area contributed by atoms with Crippen LogP contribution in [0.3, 0.4) is 0 Å². The Morgan fingerprint density at radius 3 is 2.84 bits per heavy atom. The van der Waals surface area contributed by atoms with Gasteiger partial charge in [-0.1, -0.05) is 20.3 Å². The van der Waals surface area contributed by atoms with Crippen molar-refractivity contribution in [1.82, 2.24) is 9.97 Å². The highest BCUT2D eigenvalue weighted by Crippen LogP contribution is 2.18. The molecule has 0 aliphatic rings. The van der Waals surface area contributed by atoms with Crippen molar-refractivity contribution >= 4 is 11.8 Å². The lowest BCUT2D eigenvalue weighted by molar-refractivity contribution is 0.195. The Balaban J connectivity index is 2.74. The van der Waals surface area contributed by atoms with Gasteiger partial charge in [0.1, 0.15) is 5.82 Å². The normalized spacial score (nSPS) is 12.4. The van der Waals surface area contributed by atoms with Gasteiger partial charge < -0.3 is 15.8 Å². The molecule has 19 heavy (non-hydrogen) atoms. The Hall–Kier alpha value is -1.36. The number of hydrogen-bond donors (Lipinski definition) is 2. The van der Waals surface area contributed by atoms with E-state index >= 15 is 0 Å². The molecule has 1 heterocycles. The maximum Gasteiger partial charge on any atom is 0.221 e. The number of nitrogens with one attached hydrogen (secondary N) is 1. The number of nitrogen functional groups attached to an aromatic ring is 1. The summed E-state index contributed by atoms with van der Waals surface area (Å²) in [5.74, 6) is 1.20. The van der Waals surface area contributed by atoms with E-state index in [0.717, 1.165) is 50.1 Å². The summed E-state index contributed by atoms with van der Waals surface area (Å²) in [5, 5.41) is 3.49. The maximum atomic E-state index is 5.69. The molecule has 0 saturated carbocycles. The van der Waals surface area contributed by atoms with Gasteiger partial charge in [0.15, 0.2) is 0 Å². The maximum absolute atomic E-state index is 5.69. The molecule has 1 aromatic rings. The minimum absolute atomic E-state index is 0.323. The molecule has 0 saturated heterocycles. The molecule has 0 radical (unpaired) electrons. The lowest BCUT2D eigenvalue weighted by atomic mass is 10.1. The molecule has 0 fully saturated rings. The van der Waals surface area contributed by atoms with Gasteiger partial charge in [0.05, 0.1) is 0 Å². The van der Waals surface area contributed by atoms with Crippen LogP contribution in [-0.4, -0.2) is 29.7 Å². The first-order chi connectivity index (χ1) is 9.21. The summed E-state index contributed by atoms with van der Waals surface area (Å²) in [5.41, 5.74) is 6.80. The van der Waals surface area contributed by atoms with Crippen LogP contribution in [-0.2, 0) is 11.2 Å². The molecule has 1 rings (SSSR count). The highest BCUT2D eigenvalue weighted by atomic mass is 16.5. The molecule has 0 bridgehead atoms. The summed E-state index contributed by atoms with van der Waals surface area (Å²) in [4.78, 5) is 8.42. The van der Waals surface area contributed by atoms with Gasteiger partial charge in [0.25, 0.3) is 0 Å². The van der Waals surface area contributed by atoms with Crippen LogP contribution in [0.25, 0.3) is 0 Å². The number of rotatable bonds is 9. The third-order valence-electron chi connectivity index (χ3n) is 3.15. The van der Waals surface area contributed by atoms with Crippen LogP contribution < -0.4 is 11.1 Å². The third kappa shape index (κ3) is 5.42. The molecule has 0 aliphatic heterocycles. The SMILES string of the molecule is CCCC(CC)Nc1nc(N)ncc1CCCOC. The van der Waals surface area contributed by atoms with Crippen LogP contribution in [0.5, 0.6) is 0 Å². The van der Waals surface area contributed by atoms with Crippen LogP contribution in [0, 0.1) is 0 Å². The first-order valence-corrected chi connectivity index (χ1v) is 7.08. The first-order valence-electron chi connectivity index (χ1n) is 7.08. The predicted molar refractivity (Wildman–Crippen MR) is 79.3 cm³/mol. The van der Waals surface area contributed by atoms with Crippen molar-refractivity contribution in [1.29, 1.82) is 0 Å². The molecule has 1 aromatic heterocycles. The van der Waals surface area contributed by atoms with Crippen molar-refractivity contribution in [2.24, 2.45) is 0 Å². The molecular formula is C14H26N4O. The summed E-state index contributed by atoms with van der Waals surface area (Å²) in [6.45, 7) is 5.12. The second kappa shape index (κ2) is 8.69. The van der Waals surface area contributed by atoms with E-state index in [1.807, 2.05) is 6.20 Å². The fraction of sp³-hybridized carbons (Fsp3) is 0.714. The molecule has 5 heteroatoms. The summed E-state index contributed by atoms with van der Waals surface area (Å²) in [6, 6.07) is 0.445. The Morgan fingerprint density at radius 2 is 2.21 bits per heavy atom. The number of nitrogens with zero attached hydrogens (tertiary/aromatic N) is 2. The quantitative estimate of drug-likeness (QED) is 0.672. The summed E-state index contributed by atoms with van der Waals surface area (Å²) < 4.78 is 5.08. The first kappa shape index (κ1) is 15.7. The molecule has 5 nitrogen and oxygen atoms in total. The van der Waals surface area contributed by atoms with Gasteiger partial charge >= 0.3 is 0 Å². The van der Waals surface area contributed by atoms with Gasteiger partial charge in [-0.2, -0.15) is 4.98 Å². The van der Waals surface area contributed by atoms with E-state index in [9.17, 15) is 0 Å². The third-order valence-corrected chi connectivity index (χ3v) is 3.15. The Bertz CT molecular complexity index is 370. The van der Waals surface area contributed by atoms with E-state index in [0.29, 0.717) is 12.0 Å². The summed E-state index contributed by atoms with van der Waals surface area (Å²) in [6.07, 6.45) is 7.05. The molecule has 0 aromatic carbocycles. The highest BCUT2D eigenvalue weighted by molar-refractivity contribution is 5.46. The van der Waals surface area contributed by atoms with Gasteiger partial charge in [0.2, 0.25) is 5.95 Å². The smallest absolute Gasteiger partial charge is 0.221 e. The second-order valence-electron chi connectivity index (χ2n) is 4.74. The molecule has 0 spiro atoms. The number of nitrogens with two attached hydrogens (primary N) is 1. The standard InChI is InChI=1S/C14H26N4O/c1-4-7-12(5-2)17-13-11(8-6-9-19-3)10-16-14(15)18-13/h10,12H,4-9H2,1-3H3,(H3,15,16,17,18). The van der Waals surface area contributed by atoms with Crippen LogP contribution in [0.1, 0.15) is 45.1 Å². The van der Waals surface area contributed by atoms with Crippen LogP contribution in [0.15, 0.2) is 6.20 Å². The van der Waals surface area contributed by atoms with Crippen molar-refractivity contribution in [3.8, 4) is 0 Å². The molecule has 0 aliphatic carbocycles. The lowest BCUT2D eigenvalue weighted by Crippen LogP contribution is -2.20. The Labute approximate surface area is 116 Å². The van der Waals surface area contributed by atoms with Gasteiger partial charge in [-0.3, -0.25) is 0 Å². The zero-order valence-corrected chi connectivity index (χ0v) is 12.3. The number of aryl methyl sites for hydroxylation is 1. The van der Waals surface area contributed by atoms with Gasteiger partial charge in [-0.25, -0.2) is 4.98 Å². The van der Waals surface area contributed by atoms with Crippen molar-refractivity contribution in [3.05, 3.63) is 11.8 Å². The number of anilines is 2. The molecule has 3 N–H and O–H groups in total. The second-order valence-corrected chi connectivity index (χ2v) is 4.74. The fourth-order valence-corrected chi connectivity index (χ4v) is 2.06. The van der Waals surface area contributed by atoms with E-state index in [1.54, 1.807) is 7.11 Å². The van der Waals surface area contributed by atoms with Gasteiger partial charge in [-0.15, -0.1) is 0 Å². The van der Waals surface area contributed by atoms with Crippen molar-refractivity contribution in [2.75, 3.05) is 24.8 Å². The minimum Gasteiger partial charge on any atom is -0.385 e. The topological polar surface area (TPSA) is 73.1 Å². The molecule has 1 atom stereocenters. The van der Waals surface area contributed by atoms with Crippen LogP contribution in [0.4, 0.5) is 11.8 Å². The molecule has 108 valence electrons. The van der Waals surface area contributed by atoms with Crippen LogP contribution >= 0.6 is 0 Å². The zero-order valence-electron chi connectivity index (χ0n) is 12.3. The fourth-order valence-electron chi connectivity index (χ4n) is 2.06. The largest absolute Gasteiger partial charge is 0.385 e. The number of ether oxygens (including phenoxy) is 1. The van der Waals surface area contributed by atoms with Crippen molar-refractivity contribution in [3.63, 3.8) is 0 Å². The Kier molecular flexibility index (Phi) is 7.18. The van der Waals surface area contributed by atoms with Gasteiger partial charge in [-0.05, 0) is 25.7 Å². The van der Waals surface area contributed by atoms with Crippen LogP contribution in [0.2, 0.25) is 0 Å². The van der Waals surface area contributed by atoms with E-state index < -0.39 is 0 Å². The van der Waals surface area contributed by atoms with E-state index in [2.05, 4.69) is 29.1 Å². The summed E-state index contributed by atoms with van der Waals surface area (Å²) in [7, 11) is 1.72. The van der Waals surface area contributed by atoms with E-state index in [1.165, 1.54) is 0 Å². The summed E-state index contributed by atoms with van der Waals surface area (Å²) >= 11 is 0. The molecule has 1 unspecified atom stereocenters. The monoisotopic (exact) mass is 266 g/mol. The molecular weight excluding hydrogens is 240 g/mol. The minimum atomic E-state index is 0.323. The Morgan fingerprint density at radius 1 is 1.42 bits per heavy atom. The average molecular weight is 266 g/mol. The number of methoxy groups -OCH3 is 1. The molecule has 0 amide bonds. The van der Waals surface area contributed by atoms with E-state index in [4.69, 9.17) is 10.5 Å². The number of aromatic nitrogens is 2. The van der Waals surface area contributed by atoms with Gasteiger partial charge in [0, 0.05) is 31.5 Å². The zero-order chi connectivity index (χ0) is 14.1. The van der Waals surface area contributed by atoms with Crippen molar-refractivity contribution < 1.29 is 4.74 Å².